The third kappa shape index (κ3) is 3.19. The molecule has 23 heavy (non-hydrogen) atoms. The number of hydrogen-bond acceptors (Lipinski definition) is 4. The number of amides is 1. The van der Waals surface area contributed by atoms with E-state index in [0.29, 0.717) is 11.6 Å². The van der Waals surface area contributed by atoms with Gasteiger partial charge in [-0.2, -0.15) is 11.3 Å². The van der Waals surface area contributed by atoms with Gasteiger partial charge in [-0.1, -0.05) is 0 Å². The van der Waals surface area contributed by atoms with E-state index in [4.69, 9.17) is 0 Å². The summed E-state index contributed by atoms with van der Waals surface area (Å²) in [5, 5.41) is 7.32. The van der Waals surface area contributed by atoms with Crippen LogP contribution in [0.4, 0.5) is 0 Å². The molecule has 5 nitrogen and oxygen atoms in total. The number of nitrogens with one attached hydrogen (secondary N) is 1. The fourth-order valence-corrected chi connectivity index (χ4v) is 3.79. The summed E-state index contributed by atoms with van der Waals surface area (Å²) in [5.41, 5.74) is 1.91. The molecular formula is C17H22N4OS. The molecule has 3 heterocycles. The number of carbonyl (C=O) groups excluding carboxylic acids is 1. The van der Waals surface area contributed by atoms with E-state index in [-0.39, 0.29) is 11.9 Å². The van der Waals surface area contributed by atoms with Crippen LogP contribution in [0.15, 0.2) is 23.0 Å². The maximum Gasteiger partial charge on any atom is 0.271 e. The van der Waals surface area contributed by atoms with Crippen LogP contribution < -0.4 is 5.32 Å². The van der Waals surface area contributed by atoms with Crippen LogP contribution in [-0.4, -0.2) is 33.4 Å². The van der Waals surface area contributed by atoms with Crippen LogP contribution in [0.25, 0.3) is 0 Å². The lowest BCUT2D eigenvalue weighted by atomic mass is 10.2. The first-order valence-corrected chi connectivity index (χ1v) is 9.25. The number of carbonyl (C=O) groups is 1. The van der Waals surface area contributed by atoms with Gasteiger partial charge in [0.2, 0.25) is 0 Å². The number of imidazole rings is 1. The van der Waals surface area contributed by atoms with E-state index in [1.807, 2.05) is 6.20 Å². The number of fused-ring (bicyclic) bond motifs is 1. The topological polar surface area (TPSA) is 50.2 Å². The van der Waals surface area contributed by atoms with E-state index in [1.165, 1.54) is 18.4 Å². The van der Waals surface area contributed by atoms with Gasteiger partial charge in [-0.25, -0.2) is 4.98 Å². The van der Waals surface area contributed by atoms with Crippen molar-refractivity contribution in [2.75, 3.05) is 13.1 Å². The highest BCUT2D eigenvalue weighted by atomic mass is 32.1. The SMILES string of the molecule is CC1c2nc(C(=O)NCC3CC3)cn2CCN1Cc1ccsc1. The summed E-state index contributed by atoms with van der Waals surface area (Å²) < 4.78 is 2.14. The van der Waals surface area contributed by atoms with Crippen molar-refractivity contribution in [3.63, 3.8) is 0 Å². The molecule has 1 fully saturated rings. The fraction of sp³-hybridized carbons (Fsp3) is 0.529. The van der Waals surface area contributed by atoms with Crippen molar-refractivity contribution in [2.24, 2.45) is 5.92 Å². The van der Waals surface area contributed by atoms with Crippen molar-refractivity contribution in [1.29, 1.82) is 0 Å². The van der Waals surface area contributed by atoms with E-state index in [9.17, 15) is 4.79 Å². The van der Waals surface area contributed by atoms with Gasteiger partial charge in [-0.3, -0.25) is 9.69 Å². The molecule has 0 saturated heterocycles. The third-order valence-electron chi connectivity index (χ3n) is 4.80. The second-order valence-electron chi connectivity index (χ2n) is 6.61. The summed E-state index contributed by atoms with van der Waals surface area (Å²) >= 11 is 1.74. The van der Waals surface area contributed by atoms with E-state index in [0.717, 1.165) is 32.0 Å². The summed E-state index contributed by atoms with van der Waals surface area (Å²) in [7, 11) is 0. The number of rotatable bonds is 5. The molecule has 1 N–H and O–H groups in total. The van der Waals surface area contributed by atoms with Crippen LogP contribution in [0.1, 0.15) is 47.7 Å². The zero-order chi connectivity index (χ0) is 15.8. The zero-order valence-electron chi connectivity index (χ0n) is 13.4. The zero-order valence-corrected chi connectivity index (χ0v) is 14.2. The highest BCUT2D eigenvalue weighted by molar-refractivity contribution is 7.07. The van der Waals surface area contributed by atoms with Crippen molar-refractivity contribution >= 4 is 17.2 Å². The minimum absolute atomic E-state index is 0.0321. The molecule has 2 aliphatic rings. The van der Waals surface area contributed by atoms with Gasteiger partial charge in [-0.15, -0.1) is 0 Å². The normalized spacial score (nSPS) is 21.2. The van der Waals surface area contributed by atoms with Gasteiger partial charge in [0.25, 0.3) is 5.91 Å². The van der Waals surface area contributed by atoms with Gasteiger partial charge in [0.1, 0.15) is 11.5 Å². The lowest BCUT2D eigenvalue weighted by molar-refractivity contribution is 0.0947. The van der Waals surface area contributed by atoms with Crippen molar-refractivity contribution in [2.45, 2.75) is 38.9 Å². The first-order valence-electron chi connectivity index (χ1n) is 8.31. The predicted molar refractivity (Wildman–Crippen MR) is 90.4 cm³/mol. The van der Waals surface area contributed by atoms with Gasteiger partial charge < -0.3 is 9.88 Å². The molecule has 6 heteroatoms. The van der Waals surface area contributed by atoms with Crippen molar-refractivity contribution in [1.82, 2.24) is 19.8 Å². The van der Waals surface area contributed by atoms with E-state index < -0.39 is 0 Å². The number of thiophene rings is 1. The Morgan fingerprint density at radius 3 is 3.04 bits per heavy atom. The molecule has 1 saturated carbocycles. The Kier molecular flexibility index (Phi) is 3.95. The van der Waals surface area contributed by atoms with E-state index in [2.05, 4.69) is 43.5 Å². The Bertz CT molecular complexity index is 690. The average Bonchev–Trinajstić information content (AvgIpc) is 3.05. The van der Waals surface area contributed by atoms with Gasteiger partial charge >= 0.3 is 0 Å². The second kappa shape index (κ2) is 6.09. The Morgan fingerprint density at radius 2 is 2.30 bits per heavy atom. The molecule has 1 unspecified atom stereocenters. The number of aromatic nitrogens is 2. The lowest BCUT2D eigenvalue weighted by Gasteiger charge is -2.33. The summed E-state index contributed by atoms with van der Waals surface area (Å²) in [4.78, 5) is 19.3. The maximum absolute atomic E-state index is 12.2. The Morgan fingerprint density at radius 1 is 1.43 bits per heavy atom. The molecule has 2 aromatic rings. The van der Waals surface area contributed by atoms with Crippen LogP contribution >= 0.6 is 11.3 Å². The molecule has 0 spiro atoms. The van der Waals surface area contributed by atoms with E-state index >= 15 is 0 Å². The van der Waals surface area contributed by atoms with Gasteiger partial charge in [0, 0.05) is 32.4 Å². The van der Waals surface area contributed by atoms with Crippen LogP contribution in [-0.2, 0) is 13.1 Å². The van der Waals surface area contributed by atoms with Crippen LogP contribution in [0, 0.1) is 5.92 Å². The molecule has 1 atom stereocenters. The molecule has 4 rings (SSSR count). The fourth-order valence-electron chi connectivity index (χ4n) is 3.13. The minimum atomic E-state index is -0.0321. The average molecular weight is 330 g/mol. The number of hydrogen-bond donors (Lipinski definition) is 1. The standard InChI is InChI=1S/C17H22N4OS/c1-12-16-19-15(17(22)18-8-13-2-3-13)10-21(16)6-5-20(12)9-14-4-7-23-11-14/h4,7,10-13H,2-3,5-6,8-9H2,1H3,(H,18,22). The minimum Gasteiger partial charge on any atom is -0.350 e. The molecule has 1 aliphatic carbocycles. The molecule has 0 bridgehead atoms. The lowest BCUT2D eigenvalue weighted by Crippen LogP contribution is -2.36. The van der Waals surface area contributed by atoms with Crippen molar-refractivity contribution in [3.8, 4) is 0 Å². The Hall–Kier alpha value is -1.66. The van der Waals surface area contributed by atoms with Crippen molar-refractivity contribution in [3.05, 3.63) is 40.1 Å². The quantitative estimate of drug-likeness (QED) is 0.917. The summed E-state index contributed by atoms with van der Waals surface area (Å²) in [5.74, 6) is 1.66. The van der Waals surface area contributed by atoms with Gasteiger partial charge in [-0.05, 0) is 48.1 Å². The summed E-state index contributed by atoms with van der Waals surface area (Å²) in [6.45, 7) is 5.80. The smallest absolute Gasteiger partial charge is 0.271 e. The van der Waals surface area contributed by atoms with E-state index in [1.54, 1.807) is 11.3 Å². The molecular weight excluding hydrogens is 308 g/mol. The molecule has 0 radical (unpaired) electrons. The maximum atomic E-state index is 12.2. The Labute approximate surface area is 140 Å². The third-order valence-corrected chi connectivity index (χ3v) is 5.54. The largest absolute Gasteiger partial charge is 0.350 e. The van der Waals surface area contributed by atoms with Gasteiger partial charge in [0.15, 0.2) is 0 Å². The van der Waals surface area contributed by atoms with Gasteiger partial charge in [0.05, 0.1) is 6.04 Å². The summed E-state index contributed by atoms with van der Waals surface area (Å²) in [6.07, 6.45) is 4.40. The van der Waals surface area contributed by atoms with Crippen LogP contribution in [0.2, 0.25) is 0 Å². The highest BCUT2D eigenvalue weighted by Crippen LogP contribution is 2.28. The highest BCUT2D eigenvalue weighted by Gasteiger charge is 2.28. The molecule has 122 valence electrons. The van der Waals surface area contributed by atoms with Crippen molar-refractivity contribution < 1.29 is 4.79 Å². The molecule has 2 aromatic heterocycles. The predicted octanol–water partition coefficient (Wildman–Crippen LogP) is 2.66. The monoisotopic (exact) mass is 330 g/mol. The molecule has 1 aliphatic heterocycles. The molecule has 1 amide bonds. The first-order chi connectivity index (χ1) is 11.2. The number of nitrogens with zero attached hydrogens (tertiary/aromatic N) is 3. The summed E-state index contributed by atoms with van der Waals surface area (Å²) in [6, 6.07) is 2.41. The molecule has 0 aromatic carbocycles. The second-order valence-corrected chi connectivity index (χ2v) is 7.39. The first kappa shape index (κ1) is 14.9. The van der Waals surface area contributed by atoms with Crippen LogP contribution in [0.3, 0.4) is 0 Å². The van der Waals surface area contributed by atoms with Crippen LogP contribution in [0.5, 0.6) is 0 Å². The Balaban J connectivity index is 1.46.